The molecule has 2 nitrogen and oxygen atoms in total. The Balaban J connectivity index is 2.01. The molecule has 0 amide bonds. The Morgan fingerprint density at radius 2 is 2.21 bits per heavy atom. The molecule has 3 atom stereocenters. The first-order valence-electron chi connectivity index (χ1n) is 7.51. The minimum absolute atomic E-state index is 0.563. The fraction of sp³-hybridized carbons (Fsp3) is 0.750. The van der Waals surface area contributed by atoms with Crippen molar-refractivity contribution in [3.8, 4) is 0 Å². The molecule has 2 rings (SSSR count). The lowest BCUT2D eigenvalue weighted by atomic mass is 9.73. The summed E-state index contributed by atoms with van der Waals surface area (Å²) < 4.78 is 6.87. The van der Waals surface area contributed by atoms with E-state index in [4.69, 9.17) is 4.42 Å². The summed E-state index contributed by atoms with van der Waals surface area (Å²) in [7, 11) is 0. The molecule has 1 saturated carbocycles. The lowest BCUT2D eigenvalue weighted by molar-refractivity contribution is 0.216. The van der Waals surface area contributed by atoms with Crippen molar-refractivity contribution in [2.75, 3.05) is 13.1 Å². The average Bonchev–Trinajstić information content (AvgIpc) is 2.77. The molecule has 3 heteroatoms. The van der Waals surface area contributed by atoms with Crippen molar-refractivity contribution in [1.29, 1.82) is 0 Å². The number of hydrogen-bond acceptors (Lipinski definition) is 2. The molecule has 0 spiro atoms. The van der Waals surface area contributed by atoms with Crippen LogP contribution in [-0.2, 0) is 0 Å². The zero-order valence-corrected chi connectivity index (χ0v) is 13.9. The van der Waals surface area contributed by atoms with Gasteiger partial charge in [-0.1, -0.05) is 27.2 Å². The largest absolute Gasteiger partial charge is 0.468 e. The minimum Gasteiger partial charge on any atom is -0.468 e. The van der Waals surface area contributed by atoms with Crippen LogP contribution in [0.4, 0.5) is 0 Å². The van der Waals surface area contributed by atoms with E-state index in [1.165, 1.54) is 19.3 Å². The van der Waals surface area contributed by atoms with E-state index in [9.17, 15) is 0 Å². The van der Waals surface area contributed by atoms with Crippen LogP contribution in [0.2, 0.25) is 0 Å². The summed E-state index contributed by atoms with van der Waals surface area (Å²) in [6, 6.07) is 2.02. The Bertz CT molecular complexity index is 388. The molecule has 1 aliphatic rings. The highest BCUT2D eigenvalue weighted by molar-refractivity contribution is 9.10. The van der Waals surface area contributed by atoms with Gasteiger partial charge in [0.15, 0.2) is 0 Å². The van der Waals surface area contributed by atoms with E-state index < -0.39 is 0 Å². The Morgan fingerprint density at radius 1 is 1.42 bits per heavy atom. The molecule has 0 bridgehead atoms. The minimum atomic E-state index is 0.563. The quantitative estimate of drug-likeness (QED) is 0.839. The van der Waals surface area contributed by atoms with Gasteiger partial charge in [0.05, 0.1) is 10.7 Å². The van der Waals surface area contributed by atoms with Crippen molar-refractivity contribution < 1.29 is 4.42 Å². The van der Waals surface area contributed by atoms with E-state index in [0.29, 0.717) is 11.8 Å². The third kappa shape index (κ3) is 4.09. The second-order valence-electron chi connectivity index (χ2n) is 6.47. The van der Waals surface area contributed by atoms with Crippen LogP contribution in [0.1, 0.15) is 51.7 Å². The van der Waals surface area contributed by atoms with Crippen molar-refractivity contribution in [3.05, 3.63) is 22.6 Å². The molecular weight excluding hydrogens is 302 g/mol. The Kier molecular flexibility index (Phi) is 5.52. The van der Waals surface area contributed by atoms with Gasteiger partial charge in [0, 0.05) is 5.92 Å². The molecule has 0 aliphatic heterocycles. The SMILES string of the molecule is CC(C)CNCC1CCC(C)CC1c1occc1Br. The van der Waals surface area contributed by atoms with Gasteiger partial charge in [0.2, 0.25) is 0 Å². The van der Waals surface area contributed by atoms with E-state index in [1.807, 2.05) is 6.07 Å². The van der Waals surface area contributed by atoms with Gasteiger partial charge in [-0.05, 0) is 65.7 Å². The van der Waals surface area contributed by atoms with Crippen LogP contribution in [0.15, 0.2) is 21.2 Å². The van der Waals surface area contributed by atoms with Gasteiger partial charge in [0.1, 0.15) is 5.76 Å². The van der Waals surface area contributed by atoms with Crippen LogP contribution in [0.3, 0.4) is 0 Å². The summed E-state index contributed by atoms with van der Waals surface area (Å²) in [4.78, 5) is 0. The van der Waals surface area contributed by atoms with E-state index in [0.717, 1.165) is 35.2 Å². The summed E-state index contributed by atoms with van der Waals surface area (Å²) in [5, 5.41) is 3.62. The first kappa shape index (κ1) is 15.1. The van der Waals surface area contributed by atoms with Gasteiger partial charge in [-0.3, -0.25) is 0 Å². The average molecular weight is 328 g/mol. The molecule has 0 radical (unpaired) electrons. The zero-order chi connectivity index (χ0) is 13.8. The molecule has 1 N–H and O–H groups in total. The number of hydrogen-bond donors (Lipinski definition) is 1. The first-order chi connectivity index (χ1) is 9.08. The van der Waals surface area contributed by atoms with Crippen LogP contribution >= 0.6 is 15.9 Å². The van der Waals surface area contributed by atoms with E-state index in [1.54, 1.807) is 6.26 Å². The molecule has 108 valence electrons. The molecule has 1 fully saturated rings. The Morgan fingerprint density at radius 3 is 2.84 bits per heavy atom. The predicted molar refractivity (Wildman–Crippen MR) is 83.4 cm³/mol. The molecule has 1 aromatic rings. The summed E-state index contributed by atoms with van der Waals surface area (Å²) in [5.74, 6) is 3.95. The van der Waals surface area contributed by atoms with Crippen LogP contribution in [-0.4, -0.2) is 13.1 Å². The molecular formula is C16H26BrNO. The molecule has 3 unspecified atom stereocenters. The monoisotopic (exact) mass is 327 g/mol. The van der Waals surface area contributed by atoms with E-state index in [2.05, 4.69) is 42.0 Å². The standard InChI is InChI=1S/C16H26BrNO/c1-11(2)9-18-10-13-5-4-12(3)8-14(13)16-15(17)6-7-19-16/h6-7,11-14,18H,4-5,8-10H2,1-3H3. The topological polar surface area (TPSA) is 25.2 Å². The van der Waals surface area contributed by atoms with Crippen LogP contribution < -0.4 is 5.32 Å². The fourth-order valence-electron chi connectivity index (χ4n) is 3.14. The maximum absolute atomic E-state index is 5.74. The lowest BCUT2D eigenvalue weighted by Gasteiger charge is -2.34. The molecule has 19 heavy (non-hydrogen) atoms. The van der Waals surface area contributed by atoms with E-state index >= 15 is 0 Å². The second kappa shape index (κ2) is 6.94. The zero-order valence-electron chi connectivity index (χ0n) is 12.3. The summed E-state index contributed by atoms with van der Waals surface area (Å²) >= 11 is 3.63. The molecule has 0 aromatic carbocycles. The molecule has 1 aromatic heterocycles. The van der Waals surface area contributed by atoms with Crippen molar-refractivity contribution >= 4 is 15.9 Å². The lowest BCUT2D eigenvalue weighted by Crippen LogP contribution is -2.33. The number of nitrogens with one attached hydrogen (secondary N) is 1. The summed E-state index contributed by atoms with van der Waals surface area (Å²) in [6.45, 7) is 9.11. The summed E-state index contributed by atoms with van der Waals surface area (Å²) in [6.07, 6.45) is 5.71. The number of furan rings is 1. The van der Waals surface area contributed by atoms with Crippen LogP contribution in [0.5, 0.6) is 0 Å². The van der Waals surface area contributed by atoms with Crippen LogP contribution in [0.25, 0.3) is 0 Å². The van der Waals surface area contributed by atoms with Gasteiger partial charge in [-0.15, -0.1) is 0 Å². The third-order valence-electron chi connectivity index (χ3n) is 4.20. The van der Waals surface area contributed by atoms with Gasteiger partial charge >= 0.3 is 0 Å². The second-order valence-corrected chi connectivity index (χ2v) is 7.32. The smallest absolute Gasteiger partial charge is 0.121 e. The number of rotatable bonds is 5. The normalized spacial score (nSPS) is 27.9. The van der Waals surface area contributed by atoms with Gasteiger partial charge in [-0.25, -0.2) is 0 Å². The summed E-state index contributed by atoms with van der Waals surface area (Å²) in [5.41, 5.74) is 0. The third-order valence-corrected chi connectivity index (χ3v) is 4.85. The van der Waals surface area contributed by atoms with Crippen LogP contribution in [0, 0.1) is 17.8 Å². The van der Waals surface area contributed by atoms with Crippen molar-refractivity contribution in [2.45, 2.75) is 46.0 Å². The van der Waals surface area contributed by atoms with E-state index in [-0.39, 0.29) is 0 Å². The number of halogens is 1. The molecule has 1 aliphatic carbocycles. The molecule has 1 heterocycles. The fourth-order valence-corrected chi connectivity index (χ4v) is 3.63. The van der Waals surface area contributed by atoms with Gasteiger partial charge in [0.25, 0.3) is 0 Å². The predicted octanol–water partition coefficient (Wildman–Crippen LogP) is 4.81. The highest BCUT2D eigenvalue weighted by Crippen LogP contribution is 2.42. The van der Waals surface area contributed by atoms with Gasteiger partial charge in [-0.2, -0.15) is 0 Å². The van der Waals surface area contributed by atoms with Crippen molar-refractivity contribution in [2.24, 2.45) is 17.8 Å². The Hall–Kier alpha value is -0.280. The molecule has 0 saturated heterocycles. The maximum atomic E-state index is 5.74. The highest BCUT2D eigenvalue weighted by Gasteiger charge is 2.32. The van der Waals surface area contributed by atoms with Crippen molar-refractivity contribution in [1.82, 2.24) is 5.32 Å². The first-order valence-corrected chi connectivity index (χ1v) is 8.30. The van der Waals surface area contributed by atoms with Gasteiger partial charge < -0.3 is 9.73 Å². The maximum Gasteiger partial charge on any atom is 0.121 e. The van der Waals surface area contributed by atoms with Crippen molar-refractivity contribution in [3.63, 3.8) is 0 Å². The highest BCUT2D eigenvalue weighted by atomic mass is 79.9. The Labute approximate surface area is 125 Å².